The van der Waals surface area contributed by atoms with Gasteiger partial charge in [-0.25, -0.2) is 4.39 Å². The quantitative estimate of drug-likeness (QED) is 0.473. The second-order valence-electron chi connectivity index (χ2n) is 7.53. The molecule has 3 aromatic rings. The zero-order valence-corrected chi connectivity index (χ0v) is 18.3. The fourth-order valence-corrected chi connectivity index (χ4v) is 3.48. The van der Waals surface area contributed by atoms with Gasteiger partial charge in [0.2, 0.25) is 5.91 Å². The first-order valence-corrected chi connectivity index (χ1v) is 10.5. The molecule has 1 heterocycles. The standard InChI is InChI=1S/C24H24ClFN4O2/c1-15(12-18-6-7-19(26)13-21(18)25)29-23(31)14-22(27)16-2-4-17(5-3-16)24(32)30-20-8-10-28-11-9-20/h2-11,13,15,22H,12,14,27H2,1H3,(H,29,31)(H,28,30,32). The van der Waals surface area contributed by atoms with Crippen molar-refractivity contribution >= 4 is 29.1 Å². The van der Waals surface area contributed by atoms with E-state index >= 15 is 0 Å². The number of benzene rings is 2. The topological polar surface area (TPSA) is 97.1 Å². The Morgan fingerprint density at radius 1 is 1.09 bits per heavy atom. The molecule has 0 aliphatic carbocycles. The number of carbonyl (C=O) groups excluding carboxylic acids is 2. The molecule has 0 spiro atoms. The van der Waals surface area contributed by atoms with Crippen molar-refractivity contribution in [2.75, 3.05) is 5.32 Å². The summed E-state index contributed by atoms with van der Waals surface area (Å²) >= 11 is 6.05. The van der Waals surface area contributed by atoms with Crippen molar-refractivity contribution in [2.45, 2.75) is 31.8 Å². The van der Waals surface area contributed by atoms with Crippen molar-refractivity contribution in [3.8, 4) is 0 Å². The number of halogens is 2. The summed E-state index contributed by atoms with van der Waals surface area (Å²) in [6.07, 6.45) is 3.75. The average molecular weight is 455 g/mol. The zero-order chi connectivity index (χ0) is 23.1. The molecule has 8 heteroatoms. The first-order valence-electron chi connectivity index (χ1n) is 10.1. The Balaban J connectivity index is 1.51. The highest BCUT2D eigenvalue weighted by molar-refractivity contribution is 6.31. The summed E-state index contributed by atoms with van der Waals surface area (Å²) in [7, 11) is 0. The highest BCUT2D eigenvalue weighted by atomic mass is 35.5. The van der Waals surface area contributed by atoms with Crippen LogP contribution in [0.15, 0.2) is 67.0 Å². The van der Waals surface area contributed by atoms with Crippen LogP contribution >= 0.6 is 11.6 Å². The number of nitrogens with zero attached hydrogens (tertiary/aromatic N) is 1. The van der Waals surface area contributed by atoms with E-state index in [1.165, 1.54) is 12.1 Å². The summed E-state index contributed by atoms with van der Waals surface area (Å²) in [4.78, 5) is 28.6. The Morgan fingerprint density at radius 2 is 1.78 bits per heavy atom. The van der Waals surface area contributed by atoms with Gasteiger partial charge in [-0.3, -0.25) is 14.6 Å². The van der Waals surface area contributed by atoms with Gasteiger partial charge < -0.3 is 16.4 Å². The fraction of sp³-hybridized carbons (Fsp3) is 0.208. The molecule has 3 rings (SSSR count). The monoisotopic (exact) mass is 454 g/mol. The third-order valence-electron chi connectivity index (χ3n) is 4.89. The molecule has 2 aromatic carbocycles. The minimum Gasteiger partial charge on any atom is -0.353 e. The molecular weight excluding hydrogens is 431 g/mol. The smallest absolute Gasteiger partial charge is 0.255 e. The van der Waals surface area contributed by atoms with Gasteiger partial charge in [0.05, 0.1) is 0 Å². The second-order valence-corrected chi connectivity index (χ2v) is 7.94. The van der Waals surface area contributed by atoms with Crippen LogP contribution in [0.4, 0.5) is 10.1 Å². The fourth-order valence-electron chi connectivity index (χ4n) is 3.24. The van der Waals surface area contributed by atoms with Crippen molar-refractivity contribution in [1.29, 1.82) is 0 Å². The van der Waals surface area contributed by atoms with Crippen LogP contribution in [0.25, 0.3) is 0 Å². The number of nitrogens with one attached hydrogen (secondary N) is 2. The molecule has 0 fully saturated rings. The molecule has 2 atom stereocenters. The van der Waals surface area contributed by atoms with E-state index in [4.69, 9.17) is 17.3 Å². The Hall–Kier alpha value is -3.29. The van der Waals surface area contributed by atoms with E-state index < -0.39 is 11.9 Å². The number of nitrogens with two attached hydrogens (primary N) is 1. The Kier molecular flexibility index (Phi) is 7.92. The van der Waals surface area contributed by atoms with Crippen LogP contribution in [-0.2, 0) is 11.2 Å². The van der Waals surface area contributed by atoms with E-state index in [0.717, 1.165) is 11.1 Å². The molecule has 0 aliphatic heterocycles. The van der Waals surface area contributed by atoms with Crippen molar-refractivity contribution in [1.82, 2.24) is 10.3 Å². The van der Waals surface area contributed by atoms with Crippen LogP contribution in [0, 0.1) is 5.82 Å². The van der Waals surface area contributed by atoms with Crippen LogP contribution in [-0.4, -0.2) is 22.8 Å². The van der Waals surface area contributed by atoms with Crippen molar-refractivity contribution in [3.63, 3.8) is 0 Å². The van der Waals surface area contributed by atoms with Gasteiger partial charge in [0.25, 0.3) is 5.91 Å². The largest absolute Gasteiger partial charge is 0.353 e. The van der Waals surface area contributed by atoms with Gasteiger partial charge in [0.1, 0.15) is 5.82 Å². The molecule has 4 N–H and O–H groups in total. The van der Waals surface area contributed by atoms with Crippen LogP contribution in [0.3, 0.4) is 0 Å². The Bertz CT molecular complexity index is 1080. The minimum absolute atomic E-state index is 0.0873. The molecule has 0 saturated carbocycles. The van der Waals surface area contributed by atoms with Crippen LogP contribution in [0.5, 0.6) is 0 Å². The summed E-state index contributed by atoms with van der Waals surface area (Å²) in [5.41, 5.74) is 8.81. The maximum atomic E-state index is 13.2. The average Bonchev–Trinajstić information content (AvgIpc) is 2.76. The molecule has 6 nitrogen and oxygen atoms in total. The maximum absolute atomic E-state index is 13.2. The number of amides is 2. The summed E-state index contributed by atoms with van der Waals surface area (Å²) in [6.45, 7) is 1.85. The summed E-state index contributed by atoms with van der Waals surface area (Å²) in [5, 5.41) is 6.00. The number of aromatic nitrogens is 1. The molecule has 0 saturated heterocycles. The third kappa shape index (κ3) is 6.60. The van der Waals surface area contributed by atoms with Gasteiger partial charge in [-0.1, -0.05) is 29.8 Å². The third-order valence-corrected chi connectivity index (χ3v) is 5.24. The first kappa shape index (κ1) is 23.4. The number of anilines is 1. The maximum Gasteiger partial charge on any atom is 0.255 e. The molecule has 166 valence electrons. The van der Waals surface area contributed by atoms with Crippen molar-refractivity contribution < 1.29 is 14.0 Å². The zero-order valence-electron chi connectivity index (χ0n) is 17.5. The molecule has 0 bridgehead atoms. The van der Waals surface area contributed by atoms with Crippen molar-refractivity contribution in [2.24, 2.45) is 5.73 Å². The molecule has 32 heavy (non-hydrogen) atoms. The van der Waals surface area contributed by atoms with Crippen LogP contribution in [0.2, 0.25) is 5.02 Å². The summed E-state index contributed by atoms with van der Waals surface area (Å²) in [5.74, 6) is -0.854. The van der Waals surface area contributed by atoms with E-state index in [1.54, 1.807) is 54.9 Å². The first-order chi connectivity index (χ1) is 15.3. The normalized spacial score (nSPS) is 12.6. The Labute approximate surface area is 191 Å². The summed E-state index contributed by atoms with van der Waals surface area (Å²) in [6, 6.07) is 13.7. The number of hydrogen-bond acceptors (Lipinski definition) is 4. The van der Waals surface area contributed by atoms with E-state index in [0.29, 0.717) is 22.7 Å². The van der Waals surface area contributed by atoms with Gasteiger partial charge >= 0.3 is 0 Å². The lowest BCUT2D eigenvalue weighted by atomic mass is 10.0. The van der Waals surface area contributed by atoms with Gasteiger partial charge in [-0.05, 0) is 60.9 Å². The number of pyridine rings is 1. The minimum atomic E-state index is -0.520. The lowest BCUT2D eigenvalue weighted by molar-refractivity contribution is -0.122. The molecule has 0 aliphatic rings. The molecule has 2 unspecified atom stereocenters. The van der Waals surface area contributed by atoms with E-state index in [9.17, 15) is 14.0 Å². The molecule has 0 radical (unpaired) electrons. The predicted octanol–water partition coefficient (Wildman–Crippen LogP) is 4.26. The lowest BCUT2D eigenvalue weighted by Gasteiger charge is -2.17. The van der Waals surface area contributed by atoms with Gasteiger partial charge in [-0.15, -0.1) is 0 Å². The number of rotatable bonds is 8. The van der Waals surface area contributed by atoms with E-state index in [1.807, 2.05) is 6.92 Å². The van der Waals surface area contributed by atoms with Gasteiger partial charge in [0, 0.05) is 47.2 Å². The van der Waals surface area contributed by atoms with Crippen LogP contribution in [0.1, 0.15) is 40.9 Å². The summed E-state index contributed by atoms with van der Waals surface area (Å²) < 4.78 is 13.2. The SMILES string of the molecule is CC(Cc1ccc(F)cc1Cl)NC(=O)CC(N)c1ccc(C(=O)Nc2ccncc2)cc1. The molecule has 2 amide bonds. The van der Waals surface area contributed by atoms with E-state index in [2.05, 4.69) is 15.6 Å². The van der Waals surface area contributed by atoms with Gasteiger partial charge in [-0.2, -0.15) is 0 Å². The predicted molar refractivity (Wildman–Crippen MR) is 123 cm³/mol. The molecular formula is C24H24ClFN4O2. The second kappa shape index (κ2) is 10.8. The lowest BCUT2D eigenvalue weighted by Crippen LogP contribution is -2.35. The highest BCUT2D eigenvalue weighted by Gasteiger charge is 2.16. The van der Waals surface area contributed by atoms with Gasteiger partial charge in [0.15, 0.2) is 0 Å². The van der Waals surface area contributed by atoms with Crippen molar-refractivity contribution in [3.05, 3.63) is 94.5 Å². The van der Waals surface area contributed by atoms with E-state index in [-0.39, 0.29) is 24.3 Å². The molecule has 1 aromatic heterocycles. The van der Waals surface area contributed by atoms with Crippen LogP contribution < -0.4 is 16.4 Å². The number of carbonyl (C=O) groups is 2. The number of hydrogen-bond donors (Lipinski definition) is 3. The highest BCUT2D eigenvalue weighted by Crippen LogP contribution is 2.19. The Morgan fingerprint density at radius 3 is 2.44 bits per heavy atom.